The van der Waals surface area contributed by atoms with Crippen LogP contribution in [0.4, 0.5) is 0 Å². The minimum atomic E-state index is 0.791. The van der Waals surface area contributed by atoms with Crippen LogP contribution in [0.2, 0.25) is 0 Å². The smallest absolute Gasteiger partial charge is 0.163 e. The van der Waals surface area contributed by atoms with E-state index in [1.165, 1.54) is 32.0 Å². The fourth-order valence-corrected chi connectivity index (χ4v) is 2.15. The zero-order chi connectivity index (χ0) is 10.2. The van der Waals surface area contributed by atoms with Crippen molar-refractivity contribution in [2.75, 3.05) is 5.75 Å². The molecule has 0 radical (unpaired) electrons. The van der Waals surface area contributed by atoms with Gasteiger partial charge >= 0.3 is 0 Å². The molecule has 0 fully saturated rings. The molecule has 78 valence electrons. The normalized spacial score (nSPS) is 10.4. The van der Waals surface area contributed by atoms with Crippen LogP contribution in [-0.2, 0) is 0 Å². The molecule has 0 bridgehead atoms. The number of nitrogens with zero attached hydrogens (tertiary/aromatic N) is 3. The predicted molar refractivity (Wildman–Crippen MR) is 64.6 cm³/mol. The summed E-state index contributed by atoms with van der Waals surface area (Å²) in [6.07, 6.45) is 8.26. The van der Waals surface area contributed by atoms with E-state index in [9.17, 15) is 0 Å². The molecule has 0 aliphatic heterocycles. The van der Waals surface area contributed by atoms with E-state index in [2.05, 4.69) is 17.0 Å². The summed E-state index contributed by atoms with van der Waals surface area (Å²) in [6, 6.07) is 0. The second-order valence-electron chi connectivity index (χ2n) is 3.02. The lowest BCUT2D eigenvalue weighted by Crippen LogP contribution is -2.05. The summed E-state index contributed by atoms with van der Waals surface area (Å²) in [5.41, 5.74) is 0. The van der Waals surface area contributed by atoms with Gasteiger partial charge in [-0.15, -0.1) is 0 Å². The minimum absolute atomic E-state index is 0.791. The Morgan fingerprint density at radius 1 is 1.43 bits per heavy atom. The lowest BCUT2D eigenvalue weighted by molar-refractivity contribution is 0.707. The Labute approximate surface area is 94.3 Å². The maximum absolute atomic E-state index is 5.18. The van der Waals surface area contributed by atoms with Crippen LogP contribution in [0.15, 0.2) is 12.7 Å². The van der Waals surface area contributed by atoms with Gasteiger partial charge in [-0.2, -0.15) is 5.10 Å². The van der Waals surface area contributed by atoms with Crippen LogP contribution in [0.3, 0.4) is 0 Å². The number of aromatic nitrogens is 3. The molecule has 0 unspecified atom stereocenters. The van der Waals surface area contributed by atoms with Crippen molar-refractivity contribution in [3.05, 3.63) is 12.7 Å². The van der Waals surface area contributed by atoms with Crippen molar-refractivity contribution < 1.29 is 0 Å². The summed E-state index contributed by atoms with van der Waals surface area (Å²) in [4.78, 5) is 3.85. The van der Waals surface area contributed by atoms with Crippen molar-refractivity contribution in [1.82, 2.24) is 14.8 Å². The van der Waals surface area contributed by atoms with Gasteiger partial charge in [0.15, 0.2) is 4.32 Å². The van der Waals surface area contributed by atoms with Crippen LogP contribution in [0.5, 0.6) is 0 Å². The average molecular weight is 229 g/mol. The van der Waals surface area contributed by atoms with Crippen LogP contribution in [-0.4, -0.2) is 24.8 Å². The highest BCUT2D eigenvalue weighted by Crippen LogP contribution is 2.10. The Balaban J connectivity index is 2.10. The maximum atomic E-state index is 5.18. The first-order valence-corrected chi connectivity index (χ1v) is 6.25. The molecule has 0 aliphatic carbocycles. The number of rotatable bonds is 5. The quantitative estimate of drug-likeness (QED) is 0.574. The number of hydrogen-bond acceptors (Lipinski definition) is 4. The summed E-state index contributed by atoms with van der Waals surface area (Å²) in [7, 11) is 0. The van der Waals surface area contributed by atoms with Gasteiger partial charge in [0.1, 0.15) is 12.7 Å². The van der Waals surface area contributed by atoms with Crippen LogP contribution < -0.4 is 0 Å². The summed E-state index contributed by atoms with van der Waals surface area (Å²) in [5.74, 6) is 1.08. The summed E-state index contributed by atoms with van der Waals surface area (Å²) < 4.78 is 2.43. The molecule has 14 heavy (non-hydrogen) atoms. The molecule has 0 aromatic carbocycles. The molecular weight excluding hydrogens is 214 g/mol. The Kier molecular flexibility index (Phi) is 5.78. The first kappa shape index (κ1) is 11.7. The lowest BCUT2D eigenvalue weighted by Gasteiger charge is -2.01. The minimum Gasteiger partial charge on any atom is -0.223 e. The molecular formula is C9H15N3S2. The SMILES string of the molecule is CCCCCCSC(=S)n1cncn1. The maximum Gasteiger partial charge on any atom is 0.163 e. The van der Waals surface area contributed by atoms with Crippen LogP contribution in [0.1, 0.15) is 32.6 Å². The van der Waals surface area contributed by atoms with Gasteiger partial charge in [0, 0.05) is 5.75 Å². The van der Waals surface area contributed by atoms with E-state index in [0.29, 0.717) is 0 Å². The fourth-order valence-electron chi connectivity index (χ4n) is 1.06. The largest absolute Gasteiger partial charge is 0.223 e. The summed E-state index contributed by atoms with van der Waals surface area (Å²) in [6.45, 7) is 2.22. The molecule has 1 aromatic heterocycles. The van der Waals surface area contributed by atoms with Crippen LogP contribution in [0, 0.1) is 0 Å². The second kappa shape index (κ2) is 6.95. The molecule has 3 nitrogen and oxygen atoms in total. The first-order chi connectivity index (χ1) is 6.84. The monoisotopic (exact) mass is 229 g/mol. The molecule has 1 heterocycles. The van der Waals surface area contributed by atoms with E-state index in [-0.39, 0.29) is 0 Å². The Hall–Kier alpha value is -0.420. The molecule has 0 amide bonds. The predicted octanol–water partition coefficient (Wildman–Crippen LogP) is 2.72. The van der Waals surface area contributed by atoms with E-state index < -0.39 is 0 Å². The van der Waals surface area contributed by atoms with E-state index in [1.54, 1.807) is 22.8 Å². The second-order valence-corrected chi connectivity index (χ2v) is 4.74. The Morgan fingerprint density at radius 2 is 2.29 bits per heavy atom. The summed E-state index contributed by atoms with van der Waals surface area (Å²) in [5, 5.41) is 3.97. The zero-order valence-electron chi connectivity index (χ0n) is 8.35. The van der Waals surface area contributed by atoms with Gasteiger partial charge < -0.3 is 0 Å². The highest BCUT2D eigenvalue weighted by atomic mass is 32.2. The highest BCUT2D eigenvalue weighted by molar-refractivity contribution is 8.23. The highest BCUT2D eigenvalue weighted by Gasteiger charge is 2.00. The van der Waals surface area contributed by atoms with Crippen LogP contribution >= 0.6 is 24.0 Å². The van der Waals surface area contributed by atoms with E-state index in [4.69, 9.17) is 12.2 Å². The molecule has 0 spiro atoms. The fraction of sp³-hybridized carbons (Fsp3) is 0.667. The molecule has 5 heteroatoms. The standard InChI is InChI=1S/C9H15N3S2/c1-2-3-4-5-6-14-9(13)12-8-10-7-11-12/h7-8H,2-6H2,1H3. The number of unbranched alkanes of at least 4 members (excludes halogenated alkanes) is 3. The topological polar surface area (TPSA) is 30.7 Å². The number of thiocarbonyl (C=S) groups is 1. The average Bonchev–Trinajstić information content (AvgIpc) is 2.70. The van der Waals surface area contributed by atoms with Gasteiger partial charge in [-0.25, -0.2) is 9.67 Å². The van der Waals surface area contributed by atoms with Crippen molar-refractivity contribution in [1.29, 1.82) is 0 Å². The molecule has 1 aromatic rings. The van der Waals surface area contributed by atoms with Crippen LogP contribution in [0.25, 0.3) is 0 Å². The Morgan fingerprint density at radius 3 is 2.93 bits per heavy atom. The lowest BCUT2D eigenvalue weighted by atomic mass is 10.2. The molecule has 0 atom stereocenters. The van der Waals surface area contributed by atoms with Crippen molar-refractivity contribution in [3.63, 3.8) is 0 Å². The van der Waals surface area contributed by atoms with Gasteiger partial charge in [0.25, 0.3) is 0 Å². The molecule has 0 N–H and O–H groups in total. The van der Waals surface area contributed by atoms with Gasteiger partial charge in [-0.3, -0.25) is 0 Å². The third kappa shape index (κ3) is 4.19. The van der Waals surface area contributed by atoms with Gasteiger partial charge in [-0.05, 0) is 6.42 Å². The molecule has 0 saturated carbocycles. The first-order valence-electron chi connectivity index (χ1n) is 4.86. The van der Waals surface area contributed by atoms with E-state index >= 15 is 0 Å². The van der Waals surface area contributed by atoms with Crippen molar-refractivity contribution in [3.8, 4) is 0 Å². The Bertz CT molecular complexity index is 259. The zero-order valence-corrected chi connectivity index (χ0v) is 9.98. The van der Waals surface area contributed by atoms with Crippen molar-refractivity contribution in [2.45, 2.75) is 32.6 Å². The molecule has 1 rings (SSSR count). The number of thioether (sulfide) groups is 1. The van der Waals surface area contributed by atoms with Crippen molar-refractivity contribution >= 4 is 28.3 Å². The van der Waals surface area contributed by atoms with E-state index in [0.717, 1.165) is 10.1 Å². The van der Waals surface area contributed by atoms with Gasteiger partial charge in [-0.1, -0.05) is 50.2 Å². The molecule has 0 saturated heterocycles. The molecule has 0 aliphatic rings. The third-order valence-corrected chi connectivity index (χ3v) is 3.30. The van der Waals surface area contributed by atoms with E-state index in [1.807, 2.05) is 0 Å². The number of hydrogen-bond donors (Lipinski definition) is 0. The van der Waals surface area contributed by atoms with Crippen molar-refractivity contribution in [2.24, 2.45) is 0 Å². The van der Waals surface area contributed by atoms with Gasteiger partial charge in [0.05, 0.1) is 0 Å². The summed E-state index contributed by atoms with van der Waals surface area (Å²) >= 11 is 6.85. The third-order valence-electron chi connectivity index (χ3n) is 1.83. The van der Waals surface area contributed by atoms with Gasteiger partial charge in [0.2, 0.25) is 0 Å².